The topological polar surface area (TPSA) is 200 Å². The van der Waals surface area contributed by atoms with Crippen LogP contribution in [-0.2, 0) is 6.54 Å². The van der Waals surface area contributed by atoms with E-state index in [0.717, 1.165) is 17.7 Å². The van der Waals surface area contributed by atoms with Gasteiger partial charge < -0.3 is 36.0 Å². The van der Waals surface area contributed by atoms with E-state index in [0.29, 0.717) is 24.1 Å². The smallest absolute Gasteiger partial charge is 0.349 e. The first-order valence-corrected chi connectivity index (χ1v) is 9.81. The molecule has 0 spiro atoms. The molecular formula is C19H26N6O6. The summed E-state index contributed by atoms with van der Waals surface area (Å²) >= 11 is 0. The van der Waals surface area contributed by atoms with Crippen LogP contribution in [0.25, 0.3) is 22.6 Å². The lowest BCUT2D eigenvalue weighted by atomic mass is 10.1. The monoisotopic (exact) mass is 434 g/mol. The zero-order valence-electron chi connectivity index (χ0n) is 16.9. The molecule has 0 aliphatic carbocycles. The van der Waals surface area contributed by atoms with Crippen LogP contribution < -0.4 is 22.3 Å². The third-order valence-corrected chi connectivity index (χ3v) is 5.00. The number of fused-ring (bicyclic) bond motifs is 2. The highest BCUT2D eigenvalue weighted by atomic mass is 16.4. The maximum atomic E-state index is 12.3. The van der Waals surface area contributed by atoms with Crippen molar-refractivity contribution in [2.24, 2.45) is 5.73 Å². The zero-order valence-corrected chi connectivity index (χ0v) is 16.9. The van der Waals surface area contributed by atoms with Gasteiger partial charge in [0.2, 0.25) is 0 Å². The molecule has 3 rings (SSSR count). The number of aromatic nitrogens is 4. The van der Waals surface area contributed by atoms with Gasteiger partial charge in [0, 0.05) is 12.2 Å². The van der Waals surface area contributed by atoms with E-state index >= 15 is 0 Å². The molecule has 12 nitrogen and oxygen atoms in total. The Morgan fingerprint density at radius 1 is 1.19 bits per heavy atom. The van der Waals surface area contributed by atoms with Crippen molar-refractivity contribution in [1.29, 1.82) is 0 Å². The SMILES string of the molecule is Cc1cc2nc3c(=O)[nH]c(=O)nc-3n(C[C@H](O)[C@H](O)[C@H](O)CO)c2cc1NCCCN. The molecule has 0 saturated carbocycles. The molecule has 0 amide bonds. The first-order valence-electron chi connectivity index (χ1n) is 9.81. The number of aromatic amines is 1. The molecule has 0 aromatic heterocycles. The summed E-state index contributed by atoms with van der Waals surface area (Å²) in [7, 11) is 0. The fourth-order valence-corrected chi connectivity index (χ4v) is 3.31. The van der Waals surface area contributed by atoms with Crippen LogP contribution in [-0.4, -0.2) is 78.0 Å². The number of H-pyrrole nitrogens is 1. The fraction of sp³-hybridized carbons (Fsp3) is 0.474. The van der Waals surface area contributed by atoms with E-state index < -0.39 is 36.2 Å². The molecule has 0 unspecified atom stereocenters. The van der Waals surface area contributed by atoms with Crippen molar-refractivity contribution in [3.8, 4) is 11.5 Å². The van der Waals surface area contributed by atoms with Crippen molar-refractivity contribution in [3.05, 3.63) is 38.5 Å². The summed E-state index contributed by atoms with van der Waals surface area (Å²) in [6.45, 7) is 1.92. The third kappa shape index (κ3) is 4.73. The van der Waals surface area contributed by atoms with Gasteiger partial charge in [-0.2, -0.15) is 4.98 Å². The first-order chi connectivity index (χ1) is 14.8. The Bertz CT molecular complexity index is 1150. The van der Waals surface area contributed by atoms with Gasteiger partial charge in [0.25, 0.3) is 5.56 Å². The fourth-order valence-electron chi connectivity index (χ4n) is 3.31. The van der Waals surface area contributed by atoms with Crippen LogP contribution in [0.15, 0.2) is 21.7 Å². The number of nitrogens with zero attached hydrogens (tertiary/aromatic N) is 3. The number of rotatable bonds is 9. The molecule has 168 valence electrons. The summed E-state index contributed by atoms with van der Waals surface area (Å²) in [5.41, 5.74) is 6.27. The molecule has 12 heteroatoms. The largest absolute Gasteiger partial charge is 0.394 e. The minimum absolute atomic E-state index is 0.0808. The number of nitrogens with one attached hydrogen (secondary N) is 2. The van der Waals surface area contributed by atoms with Gasteiger partial charge in [-0.15, -0.1) is 0 Å². The number of hydrogen-bond acceptors (Lipinski definition) is 10. The maximum absolute atomic E-state index is 12.3. The molecule has 2 heterocycles. The number of aryl methyl sites for hydroxylation is 1. The number of aliphatic hydroxyl groups is 4. The molecule has 2 aliphatic heterocycles. The molecule has 31 heavy (non-hydrogen) atoms. The second-order valence-corrected chi connectivity index (χ2v) is 7.30. The molecule has 0 radical (unpaired) electrons. The van der Waals surface area contributed by atoms with Crippen LogP contribution in [0, 0.1) is 6.92 Å². The van der Waals surface area contributed by atoms with E-state index in [4.69, 9.17) is 10.8 Å². The Morgan fingerprint density at radius 3 is 2.61 bits per heavy atom. The van der Waals surface area contributed by atoms with Crippen LogP contribution >= 0.6 is 0 Å². The Labute approximate surface area is 176 Å². The summed E-state index contributed by atoms with van der Waals surface area (Å²) in [6.07, 6.45) is -4.03. The van der Waals surface area contributed by atoms with E-state index in [9.17, 15) is 24.9 Å². The molecule has 1 aromatic rings. The lowest BCUT2D eigenvalue weighted by Gasteiger charge is -2.25. The Morgan fingerprint density at radius 2 is 1.94 bits per heavy atom. The molecule has 1 aromatic carbocycles. The number of hydrogen-bond donors (Lipinski definition) is 7. The predicted molar refractivity (Wildman–Crippen MR) is 113 cm³/mol. The van der Waals surface area contributed by atoms with E-state index in [2.05, 4.69) is 20.3 Å². The van der Waals surface area contributed by atoms with Crippen molar-refractivity contribution < 1.29 is 20.4 Å². The molecule has 3 atom stereocenters. The summed E-state index contributed by atoms with van der Waals surface area (Å²) in [4.78, 5) is 34.4. The average molecular weight is 434 g/mol. The van der Waals surface area contributed by atoms with Gasteiger partial charge in [-0.3, -0.25) is 9.78 Å². The van der Waals surface area contributed by atoms with Crippen molar-refractivity contribution in [3.63, 3.8) is 0 Å². The standard InChI is InChI=1S/C19H26N6O6/c1-9-5-11-12(6-10(9)21-4-2-3-20)25(7-13(27)16(29)14(28)8-26)17-15(22-11)18(30)24-19(31)23-17/h5-6,13-14,16,21,26-29H,2-4,7-8,20H2,1H3,(H,24,30,31)/t13-,14+,16-/m0/s1. The van der Waals surface area contributed by atoms with E-state index in [1.807, 2.05) is 6.92 Å². The number of benzene rings is 1. The van der Waals surface area contributed by atoms with Gasteiger partial charge in [0.15, 0.2) is 11.5 Å². The van der Waals surface area contributed by atoms with E-state index in [1.165, 1.54) is 4.57 Å². The Hall–Kier alpha value is -2.90. The van der Waals surface area contributed by atoms with Gasteiger partial charge in [-0.1, -0.05) is 0 Å². The lowest BCUT2D eigenvalue weighted by Crippen LogP contribution is -2.42. The number of aliphatic hydroxyl groups excluding tert-OH is 4. The van der Waals surface area contributed by atoms with Gasteiger partial charge in [0.1, 0.15) is 18.3 Å². The molecule has 0 bridgehead atoms. The summed E-state index contributed by atoms with van der Waals surface area (Å²) in [6, 6.07) is 3.48. The van der Waals surface area contributed by atoms with E-state index in [1.54, 1.807) is 12.1 Å². The third-order valence-electron chi connectivity index (χ3n) is 5.00. The Kier molecular flexibility index (Phi) is 6.97. The van der Waals surface area contributed by atoms with Crippen LogP contribution in [0.2, 0.25) is 0 Å². The van der Waals surface area contributed by atoms with Crippen molar-refractivity contribution >= 4 is 16.7 Å². The van der Waals surface area contributed by atoms with Gasteiger partial charge >= 0.3 is 5.69 Å². The summed E-state index contributed by atoms with van der Waals surface area (Å²) in [5.74, 6) is -0.0808. The van der Waals surface area contributed by atoms with Crippen molar-refractivity contribution in [2.75, 3.05) is 25.0 Å². The van der Waals surface area contributed by atoms with Crippen LogP contribution in [0.1, 0.15) is 12.0 Å². The lowest BCUT2D eigenvalue weighted by molar-refractivity contribution is -0.0802. The quantitative estimate of drug-likeness (QED) is 0.142. The zero-order chi connectivity index (χ0) is 22.7. The van der Waals surface area contributed by atoms with Gasteiger partial charge in [-0.25, -0.2) is 9.78 Å². The highest BCUT2D eigenvalue weighted by Crippen LogP contribution is 2.27. The van der Waals surface area contributed by atoms with Crippen molar-refractivity contribution in [2.45, 2.75) is 38.2 Å². The molecular weight excluding hydrogens is 408 g/mol. The highest BCUT2D eigenvalue weighted by molar-refractivity contribution is 5.84. The molecule has 0 saturated heterocycles. The van der Waals surface area contributed by atoms with Crippen LogP contribution in [0.5, 0.6) is 0 Å². The highest BCUT2D eigenvalue weighted by Gasteiger charge is 2.27. The minimum atomic E-state index is -1.67. The van der Waals surface area contributed by atoms with Gasteiger partial charge in [0.05, 0.1) is 24.2 Å². The van der Waals surface area contributed by atoms with Crippen LogP contribution in [0.4, 0.5) is 5.69 Å². The van der Waals surface area contributed by atoms with E-state index in [-0.39, 0.29) is 18.1 Å². The molecule has 2 aliphatic rings. The predicted octanol–water partition coefficient (Wildman–Crippen LogP) is -2.27. The average Bonchev–Trinajstić information content (AvgIpc) is 2.73. The molecule has 8 N–H and O–H groups in total. The summed E-state index contributed by atoms with van der Waals surface area (Å²) in [5, 5.41) is 42.5. The summed E-state index contributed by atoms with van der Waals surface area (Å²) < 4.78 is 1.39. The van der Waals surface area contributed by atoms with Crippen molar-refractivity contribution in [1.82, 2.24) is 19.5 Å². The second-order valence-electron chi connectivity index (χ2n) is 7.30. The second kappa shape index (κ2) is 9.49. The van der Waals surface area contributed by atoms with Gasteiger partial charge in [-0.05, 0) is 37.6 Å². The number of anilines is 1. The maximum Gasteiger partial charge on any atom is 0.349 e. The first kappa shape index (κ1) is 22.8. The normalized spacial score (nSPS) is 14.6. The number of nitrogens with two attached hydrogens (primary N) is 1. The molecule has 0 fully saturated rings. The van der Waals surface area contributed by atoms with Crippen LogP contribution in [0.3, 0.4) is 0 Å². The Balaban J connectivity index is 2.21. The minimum Gasteiger partial charge on any atom is -0.394 e.